The number of hydrogen-bond donors (Lipinski definition) is 2. The van der Waals surface area contributed by atoms with Gasteiger partial charge in [0, 0.05) is 20.3 Å². The Kier molecular flexibility index (Phi) is 7.04. The normalized spacial score (nSPS) is 13.6. The SMILES string of the molecule is COCCCNC(=O)C(C)Oc1ccc(C(C)O)cc1. The molecule has 0 bridgehead atoms. The molecule has 20 heavy (non-hydrogen) atoms. The van der Waals surface area contributed by atoms with Crippen LogP contribution in [0.25, 0.3) is 0 Å². The predicted octanol–water partition coefficient (Wildman–Crippen LogP) is 1.66. The zero-order chi connectivity index (χ0) is 15.0. The number of benzene rings is 1. The lowest BCUT2D eigenvalue weighted by molar-refractivity contribution is -0.127. The summed E-state index contributed by atoms with van der Waals surface area (Å²) in [4.78, 5) is 11.8. The molecule has 1 amide bonds. The van der Waals surface area contributed by atoms with E-state index in [1.165, 1.54) is 0 Å². The van der Waals surface area contributed by atoms with Gasteiger partial charge in [-0.25, -0.2) is 0 Å². The van der Waals surface area contributed by atoms with Gasteiger partial charge in [-0.05, 0) is 38.0 Å². The number of nitrogens with one attached hydrogen (secondary N) is 1. The van der Waals surface area contributed by atoms with Crippen LogP contribution in [0.3, 0.4) is 0 Å². The van der Waals surface area contributed by atoms with Gasteiger partial charge in [-0.15, -0.1) is 0 Å². The van der Waals surface area contributed by atoms with Crippen molar-refractivity contribution in [2.75, 3.05) is 20.3 Å². The molecule has 0 aliphatic carbocycles. The second-order valence-corrected chi connectivity index (χ2v) is 4.64. The van der Waals surface area contributed by atoms with Crippen LogP contribution in [-0.4, -0.2) is 37.4 Å². The van der Waals surface area contributed by atoms with Gasteiger partial charge in [0.1, 0.15) is 5.75 Å². The van der Waals surface area contributed by atoms with E-state index in [0.717, 1.165) is 12.0 Å². The molecule has 0 fully saturated rings. The second-order valence-electron chi connectivity index (χ2n) is 4.64. The van der Waals surface area contributed by atoms with Crippen molar-refractivity contribution in [2.45, 2.75) is 32.5 Å². The summed E-state index contributed by atoms with van der Waals surface area (Å²) in [5.74, 6) is 0.453. The Hall–Kier alpha value is -1.59. The van der Waals surface area contributed by atoms with E-state index < -0.39 is 12.2 Å². The van der Waals surface area contributed by atoms with Crippen LogP contribution in [0.2, 0.25) is 0 Å². The van der Waals surface area contributed by atoms with Gasteiger partial charge >= 0.3 is 0 Å². The minimum atomic E-state index is -0.560. The number of carbonyl (C=O) groups excluding carboxylic acids is 1. The highest BCUT2D eigenvalue weighted by molar-refractivity contribution is 5.80. The van der Waals surface area contributed by atoms with Crippen LogP contribution in [0.5, 0.6) is 5.75 Å². The van der Waals surface area contributed by atoms with Crippen molar-refractivity contribution in [3.8, 4) is 5.75 Å². The van der Waals surface area contributed by atoms with E-state index in [1.807, 2.05) is 0 Å². The lowest BCUT2D eigenvalue weighted by Gasteiger charge is -2.15. The monoisotopic (exact) mass is 281 g/mol. The average molecular weight is 281 g/mol. The van der Waals surface area contributed by atoms with Gasteiger partial charge < -0.3 is 19.9 Å². The zero-order valence-electron chi connectivity index (χ0n) is 12.3. The number of aliphatic hydroxyl groups excluding tert-OH is 1. The Morgan fingerprint density at radius 3 is 2.50 bits per heavy atom. The minimum Gasteiger partial charge on any atom is -0.481 e. The fourth-order valence-electron chi connectivity index (χ4n) is 1.65. The fraction of sp³-hybridized carbons (Fsp3) is 0.533. The van der Waals surface area contributed by atoms with Crippen molar-refractivity contribution in [1.82, 2.24) is 5.32 Å². The molecule has 0 saturated carbocycles. The number of carbonyl (C=O) groups is 1. The summed E-state index contributed by atoms with van der Waals surface area (Å²) in [6.45, 7) is 4.60. The van der Waals surface area contributed by atoms with Crippen LogP contribution >= 0.6 is 0 Å². The van der Waals surface area contributed by atoms with Crippen LogP contribution in [0.15, 0.2) is 24.3 Å². The third-order valence-electron chi connectivity index (χ3n) is 2.87. The summed E-state index contributed by atoms with van der Waals surface area (Å²) >= 11 is 0. The van der Waals surface area contributed by atoms with Gasteiger partial charge in [0.2, 0.25) is 0 Å². The standard InChI is InChI=1S/C15H23NO4/c1-11(17)13-5-7-14(8-6-13)20-12(2)15(18)16-9-4-10-19-3/h5-8,11-12,17H,4,9-10H2,1-3H3,(H,16,18). The van der Waals surface area contributed by atoms with Gasteiger partial charge in [-0.1, -0.05) is 12.1 Å². The van der Waals surface area contributed by atoms with Crippen LogP contribution in [-0.2, 0) is 9.53 Å². The first kappa shape index (κ1) is 16.5. The fourth-order valence-corrected chi connectivity index (χ4v) is 1.65. The second kappa shape index (κ2) is 8.55. The number of hydrogen-bond acceptors (Lipinski definition) is 4. The molecule has 0 aliphatic rings. The molecule has 1 aromatic carbocycles. The Morgan fingerprint density at radius 1 is 1.30 bits per heavy atom. The molecule has 2 N–H and O–H groups in total. The minimum absolute atomic E-state index is 0.152. The first-order valence-electron chi connectivity index (χ1n) is 6.76. The van der Waals surface area contributed by atoms with E-state index in [0.29, 0.717) is 18.9 Å². The van der Waals surface area contributed by atoms with Crippen molar-refractivity contribution in [3.05, 3.63) is 29.8 Å². The molecule has 1 rings (SSSR count). The van der Waals surface area contributed by atoms with Gasteiger partial charge in [0.15, 0.2) is 6.10 Å². The molecule has 0 heterocycles. The molecule has 2 atom stereocenters. The van der Waals surface area contributed by atoms with Crippen molar-refractivity contribution in [3.63, 3.8) is 0 Å². The van der Waals surface area contributed by atoms with Crippen molar-refractivity contribution >= 4 is 5.91 Å². The topological polar surface area (TPSA) is 67.8 Å². The van der Waals surface area contributed by atoms with Crippen LogP contribution in [0, 0.1) is 0 Å². The maximum Gasteiger partial charge on any atom is 0.260 e. The molecule has 1 aromatic rings. The van der Waals surface area contributed by atoms with E-state index in [2.05, 4.69) is 5.32 Å². The quantitative estimate of drug-likeness (QED) is 0.711. The number of aliphatic hydroxyl groups is 1. The highest BCUT2D eigenvalue weighted by atomic mass is 16.5. The summed E-state index contributed by atoms with van der Waals surface area (Å²) < 4.78 is 10.5. The van der Waals surface area contributed by atoms with Gasteiger partial charge in [-0.2, -0.15) is 0 Å². The first-order valence-corrected chi connectivity index (χ1v) is 6.76. The summed E-state index contributed by atoms with van der Waals surface area (Å²) in [6, 6.07) is 7.06. The third kappa shape index (κ3) is 5.59. The molecular formula is C15H23NO4. The molecule has 2 unspecified atom stereocenters. The molecule has 0 aromatic heterocycles. The first-order chi connectivity index (χ1) is 9.54. The third-order valence-corrected chi connectivity index (χ3v) is 2.87. The summed E-state index contributed by atoms with van der Waals surface area (Å²) in [5.41, 5.74) is 0.814. The van der Waals surface area contributed by atoms with Crippen LogP contribution < -0.4 is 10.1 Å². The van der Waals surface area contributed by atoms with E-state index in [-0.39, 0.29) is 5.91 Å². The van der Waals surface area contributed by atoms with Gasteiger partial charge in [-0.3, -0.25) is 4.79 Å². The van der Waals surface area contributed by atoms with Crippen molar-refractivity contribution in [2.24, 2.45) is 0 Å². The summed E-state index contributed by atoms with van der Waals surface area (Å²) in [7, 11) is 1.63. The largest absolute Gasteiger partial charge is 0.481 e. The Labute approximate surface area is 119 Å². The number of rotatable bonds is 8. The van der Waals surface area contributed by atoms with Gasteiger partial charge in [0.25, 0.3) is 5.91 Å². The lowest BCUT2D eigenvalue weighted by Crippen LogP contribution is -2.37. The van der Waals surface area contributed by atoms with Gasteiger partial charge in [0.05, 0.1) is 6.10 Å². The Morgan fingerprint density at radius 2 is 1.95 bits per heavy atom. The van der Waals surface area contributed by atoms with E-state index in [9.17, 15) is 9.90 Å². The molecule has 0 radical (unpaired) electrons. The van der Waals surface area contributed by atoms with E-state index in [1.54, 1.807) is 45.2 Å². The molecular weight excluding hydrogens is 258 g/mol. The smallest absolute Gasteiger partial charge is 0.260 e. The lowest BCUT2D eigenvalue weighted by atomic mass is 10.1. The maximum atomic E-state index is 11.8. The maximum absolute atomic E-state index is 11.8. The number of methoxy groups -OCH3 is 1. The van der Waals surface area contributed by atoms with Crippen molar-refractivity contribution in [1.29, 1.82) is 0 Å². The van der Waals surface area contributed by atoms with Crippen molar-refractivity contribution < 1.29 is 19.4 Å². The highest BCUT2D eigenvalue weighted by Crippen LogP contribution is 2.18. The Balaban J connectivity index is 2.40. The average Bonchev–Trinajstić information content (AvgIpc) is 2.44. The molecule has 5 nitrogen and oxygen atoms in total. The van der Waals surface area contributed by atoms with Crippen LogP contribution in [0.4, 0.5) is 0 Å². The molecule has 5 heteroatoms. The van der Waals surface area contributed by atoms with Crippen LogP contribution in [0.1, 0.15) is 31.9 Å². The molecule has 0 saturated heterocycles. The predicted molar refractivity (Wildman–Crippen MR) is 76.7 cm³/mol. The number of amides is 1. The Bertz CT molecular complexity index is 403. The summed E-state index contributed by atoms with van der Waals surface area (Å²) in [6.07, 6.45) is -0.293. The highest BCUT2D eigenvalue weighted by Gasteiger charge is 2.14. The summed E-state index contributed by atoms with van der Waals surface area (Å²) in [5, 5.41) is 12.2. The molecule has 112 valence electrons. The molecule has 0 aliphatic heterocycles. The van der Waals surface area contributed by atoms with E-state index >= 15 is 0 Å². The van der Waals surface area contributed by atoms with E-state index in [4.69, 9.17) is 9.47 Å². The number of ether oxygens (including phenoxy) is 2. The molecule has 0 spiro atoms. The zero-order valence-corrected chi connectivity index (χ0v) is 12.3.